The highest BCUT2D eigenvalue weighted by atomic mass is 16.3. The van der Waals surface area contributed by atoms with Gasteiger partial charge in [0.15, 0.2) is 0 Å². The summed E-state index contributed by atoms with van der Waals surface area (Å²) in [6.07, 6.45) is -1.32. The first-order valence-corrected chi connectivity index (χ1v) is 14.4. The monoisotopic (exact) mass is 596 g/mol. The smallest absolute Gasteiger partial charge is 0.322 e. The van der Waals surface area contributed by atoms with Gasteiger partial charge in [-0.25, -0.2) is 4.79 Å². The van der Waals surface area contributed by atoms with Crippen molar-refractivity contribution >= 4 is 29.4 Å². The molecule has 0 heterocycles. The fourth-order valence-electron chi connectivity index (χ4n) is 4.47. The van der Waals surface area contributed by atoms with Gasteiger partial charge in [-0.1, -0.05) is 69.3 Å². The Morgan fingerprint density at radius 2 is 1.42 bits per heavy atom. The second-order valence-electron chi connectivity index (χ2n) is 12.9. The average molecular weight is 597 g/mol. The SMILES string of the molecule is CN(C(=O)NC(CC(N)=O)C(=O)NC(Cc1ccccc1)C(O)CNC(C(=O)NC(C)(C)C)C(C)(C)C)c1ccccc1. The number of nitrogens with zero attached hydrogens (tertiary/aromatic N) is 1. The van der Waals surface area contributed by atoms with Crippen LogP contribution in [0.4, 0.5) is 10.5 Å². The summed E-state index contributed by atoms with van der Waals surface area (Å²) in [4.78, 5) is 52.7. The van der Waals surface area contributed by atoms with E-state index in [9.17, 15) is 24.3 Å². The number of hydrogen-bond donors (Lipinski definition) is 6. The predicted molar refractivity (Wildman–Crippen MR) is 168 cm³/mol. The molecule has 0 fully saturated rings. The topological polar surface area (TPSA) is 166 Å². The van der Waals surface area contributed by atoms with Gasteiger partial charge in [-0.15, -0.1) is 0 Å². The molecule has 7 N–H and O–H groups in total. The van der Waals surface area contributed by atoms with Gasteiger partial charge in [0.05, 0.1) is 24.6 Å². The van der Waals surface area contributed by atoms with Crippen molar-refractivity contribution in [1.29, 1.82) is 0 Å². The molecule has 4 unspecified atom stereocenters. The number of carbonyl (C=O) groups is 4. The normalized spacial score (nSPS) is 14.5. The van der Waals surface area contributed by atoms with Crippen molar-refractivity contribution < 1.29 is 24.3 Å². The summed E-state index contributed by atoms with van der Waals surface area (Å²) in [7, 11) is 1.54. The first-order chi connectivity index (χ1) is 20.0. The molecule has 0 saturated heterocycles. The number of aliphatic hydroxyl groups is 1. The Balaban J connectivity index is 2.25. The van der Waals surface area contributed by atoms with Crippen LogP contribution < -0.4 is 31.9 Å². The van der Waals surface area contributed by atoms with E-state index in [0.717, 1.165) is 5.56 Å². The molecule has 11 heteroatoms. The lowest BCUT2D eigenvalue weighted by Crippen LogP contribution is -2.60. The molecule has 0 aliphatic heterocycles. The van der Waals surface area contributed by atoms with Crippen molar-refractivity contribution in [2.24, 2.45) is 11.1 Å². The second-order valence-corrected chi connectivity index (χ2v) is 12.9. The predicted octanol–water partition coefficient (Wildman–Crippen LogP) is 2.08. The maximum Gasteiger partial charge on any atom is 0.322 e. The molecule has 0 aliphatic rings. The first-order valence-electron chi connectivity index (χ1n) is 14.4. The summed E-state index contributed by atoms with van der Waals surface area (Å²) in [6, 6.07) is 14.8. The van der Waals surface area contributed by atoms with Gasteiger partial charge in [0.2, 0.25) is 17.7 Å². The molecule has 5 amide bonds. The summed E-state index contributed by atoms with van der Waals surface area (Å²) >= 11 is 0. The zero-order valence-corrected chi connectivity index (χ0v) is 26.3. The summed E-state index contributed by atoms with van der Waals surface area (Å²) < 4.78 is 0. The van der Waals surface area contributed by atoms with Crippen molar-refractivity contribution in [2.45, 2.75) is 84.2 Å². The fourth-order valence-corrected chi connectivity index (χ4v) is 4.47. The number of rotatable bonds is 13. The van der Waals surface area contributed by atoms with Gasteiger partial charge in [-0.05, 0) is 50.3 Å². The number of anilines is 1. The van der Waals surface area contributed by atoms with Crippen molar-refractivity contribution in [3.05, 3.63) is 66.2 Å². The highest BCUT2D eigenvalue weighted by molar-refractivity contribution is 5.96. The van der Waals surface area contributed by atoms with E-state index in [2.05, 4.69) is 21.3 Å². The summed E-state index contributed by atoms with van der Waals surface area (Å²) in [5.74, 6) is -1.66. The lowest BCUT2D eigenvalue weighted by atomic mass is 9.85. The maximum atomic E-state index is 13.5. The van der Waals surface area contributed by atoms with Crippen LogP contribution in [0.25, 0.3) is 0 Å². The van der Waals surface area contributed by atoms with E-state index in [-0.39, 0.29) is 18.9 Å². The zero-order valence-electron chi connectivity index (χ0n) is 26.3. The molecule has 0 saturated carbocycles. The molecular weight excluding hydrogens is 548 g/mol. The molecule has 236 valence electrons. The number of benzene rings is 2. The average Bonchev–Trinajstić information content (AvgIpc) is 2.90. The highest BCUT2D eigenvalue weighted by Gasteiger charge is 2.35. The molecule has 0 bridgehead atoms. The lowest BCUT2D eigenvalue weighted by Gasteiger charge is -2.35. The van der Waals surface area contributed by atoms with Crippen LogP contribution in [-0.2, 0) is 20.8 Å². The number of para-hydroxylation sites is 1. The van der Waals surface area contributed by atoms with E-state index < -0.39 is 59.4 Å². The van der Waals surface area contributed by atoms with Crippen molar-refractivity contribution in [1.82, 2.24) is 21.3 Å². The third kappa shape index (κ3) is 12.0. The Hall–Kier alpha value is -3.96. The Morgan fingerprint density at radius 3 is 1.93 bits per heavy atom. The Labute approximate surface area is 255 Å². The molecule has 0 spiro atoms. The van der Waals surface area contributed by atoms with Gasteiger partial charge in [0.25, 0.3) is 0 Å². The highest BCUT2D eigenvalue weighted by Crippen LogP contribution is 2.21. The number of amides is 5. The summed E-state index contributed by atoms with van der Waals surface area (Å²) in [5, 5.41) is 22.9. The van der Waals surface area contributed by atoms with Crippen LogP contribution in [0.2, 0.25) is 0 Å². The van der Waals surface area contributed by atoms with Gasteiger partial charge in [0, 0.05) is 24.8 Å². The number of aliphatic hydroxyl groups excluding tert-OH is 1. The van der Waals surface area contributed by atoms with Crippen LogP contribution in [0, 0.1) is 5.41 Å². The number of primary amides is 1. The van der Waals surface area contributed by atoms with E-state index in [1.807, 2.05) is 77.9 Å². The van der Waals surface area contributed by atoms with E-state index in [1.54, 1.807) is 31.3 Å². The maximum absolute atomic E-state index is 13.5. The number of nitrogens with two attached hydrogens (primary N) is 1. The van der Waals surface area contributed by atoms with Crippen molar-refractivity contribution in [3.8, 4) is 0 Å². The molecule has 4 atom stereocenters. The fraction of sp³-hybridized carbons (Fsp3) is 0.500. The molecule has 0 aromatic heterocycles. The molecule has 2 rings (SSSR count). The number of carbonyl (C=O) groups excluding carboxylic acids is 4. The third-order valence-electron chi connectivity index (χ3n) is 6.72. The van der Waals surface area contributed by atoms with Gasteiger partial charge in [-0.3, -0.25) is 19.3 Å². The largest absolute Gasteiger partial charge is 0.390 e. The molecular formula is C32H48N6O5. The van der Waals surface area contributed by atoms with E-state index in [1.165, 1.54) is 4.90 Å². The Morgan fingerprint density at radius 1 is 0.860 bits per heavy atom. The standard InChI is InChI=1S/C32H48N6O5/c1-31(2,3)27(29(42)37-32(4,5)6)34-20-25(39)23(18-21-14-10-8-11-15-21)35-28(41)24(19-26(33)40)36-30(43)38(7)22-16-12-9-13-17-22/h8-17,23-25,27,34,39H,18-20H2,1-7H3,(H2,33,40)(H,35,41)(H,36,43)(H,37,42). The number of urea groups is 1. The van der Waals surface area contributed by atoms with Crippen LogP contribution >= 0.6 is 0 Å². The first kappa shape index (κ1) is 35.2. The minimum atomic E-state index is -1.28. The van der Waals surface area contributed by atoms with Gasteiger partial charge < -0.3 is 32.1 Å². The second kappa shape index (κ2) is 15.5. The van der Waals surface area contributed by atoms with Crippen molar-refractivity contribution in [3.63, 3.8) is 0 Å². The molecule has 43 heavy (non-hydrogen) atoms. The van der Waals surface area contributed by atoms with Crippen LogP contribution in [0.5, 0.6) is 0 Å². The number of hydrogen-bond acceptors (Lipinski definition) is 6. The van der Waals surface area contributed by atoms with Crippen LogP contribution in [0.15, 0.2) is 60.7 Å². The van der Waals surface area contributed by atoms with E-state index >= 15 is 0 Å². The minimum absolute atomic E-state index is 0.0130. The third-order valence-corrected chi connectivity index (χ3v) is 6.72. The zero-order chi connectivity index (χ0) is 32.4. The molecule has 0 aliphatic carbocycles. The van der Waals surface area contributed by atoms with Gasteiger partial charge >= 0.3 is 6.03 Å². The molecule has 11 nitrogen and oxygen atoms in total. The van der Waals surface area contributed by atoms with Crippen molar-refractivity contribution in [2.75, 3.05) is 18.5 Å². The van der Waals surface area contributed by atoms with E-state index in [0.29, 0.717) is 5.69 Å². The molecule has 2 aromatic rings. The van der Waals surface area contributed by atoms with Crippen LogP contribution in [-0.4, -0.2) is 72.2 Å². The Kier molecular flexibility index (Phi) is 12.7. The van der Waals surface area contributed by atoms with Crippen LogP contribution in [0.1, 0.15) is 53.5 Å². The summed E-state index contributed by atoms with van der Waals surface area (Å²) in [5.41, 5.74) is 5.94. The summed E-state index contributed by atoms with van der Waals surface area (Å²) in [6.45, 7) is 11.4. The molecule has 0 radical (unpaired) electrons. The number of nitrogens with one attached hydrogen (secondary N) is 4. The van der Waals surface area contributed by atoms with Gasteiger partial charge in [0.1, 0.15) is 6.04 Å². The molecule has 2 aromatic carbocycles. The quantitative estimate of drug-likeness (QED) is 0.207. The van der Waals surface area contributed by atoms with Gasteiger partial charge in [-0.2, -0.15) is 0 Å². The Bertz CT molecular complexity index is 1210. The minimum Gasteiger partial charge on any atom is -0.390 e. The lowest BCUT2D eigenvalue weighted by molar-refractivity contribution is -0.128. The van der Waals surface area contributed by atoms with Crippen LogP contribution in [0.3, 0.4) is 0 Å². The van der Waals surface area contributed by atoms with E-state index in [4.69, 9.17) is 5.73 Å².